The first-order chi connectivity index (χ1) is 18.2. The molecule has 0 bridgehead atoms. The van der Waals surface area contributed by atoms with Gasteiger partial charge in [0.25, 0.3) is 16.8 Å². The van der Waals surface area contributed by atoms with Gasteiger partial charge in [-0.05, 0) is 71.8 Å². The highest BCUT2D eigenvalue weighted by Gasteiger charge is 2.36. The van der Waals surface area contributed by atoms with Gasteiger partial charge >= 0.3 is 0 Å². The van der Waals surface area contributed by atoms with Crippen LogP contribution in [0.25, 0.3) is 6.08 Å². The molecule has 194 valence electrons. The minimum absolute atomic E-state index is 0.00739. The van der Waals surface area contributed by atoms with Crippen molar-refractivity contribution in [1.82, 2.24) is 4.90 Å². The number of benzene rings is 3. The number of anilines is 1. The molecule has 11 heteroatoms. The number of nitrogens with one attached hydrogen (secondary N) is 1. The van der Waals surface area contributed by atoms with Crippen LogP contribution >= 0.6 is 11.8 Å². The van der Waals surface area contributed by atoms with Crippen LogP contribution in [-0.4, -0.2) is 40.5 Å². The number of carbonyl (C=O) groups excluding carboxylic acids is 3. The molecule has 1 N–H and O–H groups in total. The fourth-order valence-electron chi connectivity index (χ4n) is 3.60. The number of ether oxygens (including phenoxy) is 2. The third kappa shape index (κ3) is 6.19. The van der Waals surface area contributed by atoms with E-state index in [4.69, 9.17) is 9.47 Å². The Hall–Kier alpha value is -4.64. The van der Waals surface area contributed by atoms with Gasteiger partial charge in [0.1, 0.15) is 13.2 Å². The van der Waals surface area contributed by atoms with Crippen LogP contribution in [0.2, 0.25) is 0 Å². The molecule has 0 saturated carbocycles. The van der Waals surface area contributed by atoms with Crippen LogP contribution in [0.3, 0.4) is 0 Å². The molecule has 0 aliphatic carbocycles. The van der Waals surface area contributed by atoms with Crippen molar-refractivity contribution in [3.63, 3.8) is 0 Å². The van der Waals surface area contributed by atoms with Crippen LogP contribution in [0.15, 0.2) is 71.6 Å². The molecule has 0 aromatic heterocycles. The number of hydrogen-bond acceptors (Lipinski definition) is 8. The Bertz CT molecular complexity index is 1440. The lowest BCUT2D eigenvalue weighted by molar-refractivity contribution is -0.384. The largest absolute Gasteiger partial charge is 0.493 e. The molecule has 1 saturated heterocycles. The maximum atomic E-state index is 12.9. The third-order valence-electron chi connectivity index (χ3n) is 5.62. The lowest BCUT2D eigenvalue weighted by Gasteiger charge is -2.13. The highest BCUT2D eigenvalue weighted by atomic mass is 32.2. The van der Waals surface area contributed by atoms with E-state index >= 15 is 0 Å². The molecule has 0 spiro atoms. The van der Waals surface area contributed by atoms with E-state index in [0.29, 0.717) is 22.7 Å². The second kappa shape index (κ2) is 11.6. The second-order valence-electron chi connectivity index (χ2n) is 8.25. The Morgan fingerprint density at radius 1 is 1.08 bits per heavy atom. The number of non-ortho nitro benzene ring substituents is 1. The first kappa shape index (κ1) is 26.4. The summed E-state index contributed by atoms with van der Waals surface area (Å²) in [6.45, 7) is 1.62. The number of amides is 3. The van der Waals surface area contributed by atoms with Crippen molar-refractivity contribution < 1.29 is 28.8 Å². The molecule has 0 radical (unpaired) electrons. The Balaban J connectivity index is 1.42. The zero-order valence-electron chi connectivity index (χ0n) is 20.5. The normalized spacial score (nSPS) is 14.1. The predicted molar refractivity (Wildman–Crippen MR) is 143 cm³/mol. The van der Waals surface area contributed by atoms with E-state index in [1.807, 2.05) is 19.1 Å². The van der Waals surface area contributed by atoms with E-state index in [1.165, 1.54) is 19.2 Å². The number of thioether (sulfide) groups is 1. The molecule has 1 aliphatic heterocycles. The molecule has 3 aromatic carbocycles. The quantitative estimate of drug-likeness (QED) is 0.227. The Labute approximate surface area is 222 Å². The van der Waals surface area contributed by atoms with Crippen molar-refractivity contribution in [2.75, 3.05) is 19.0 Å². The number of para-hydroxylation sites is 1. The molecule has 3 amide bonds. The summed E-state index contributed by atoms with van der Waals surface area (Å²) in [5.41, 5.74) is 2.81. The lowest BCUT2D eigenvalue weighted by atomic mass is 10.1. The Morgan fingerprint density at radius 3 is 2.50 bits per heavy atom. The molecule has 1 fully saturated rings. The van der Waals surface area contributed by atoms with Gasteiger partial charge in [0.15, 0.2) is 11.5 Å². The fraction of sp³-hybridized carbons (Fsp3) is 0.148. The van der Waals surface area contributed by atoms with Gasteiger partial charge in [-0.1, -0.05) is 24.3 Å². The zero-order valence-corrected chi connectivity index (χ0v) is 21.3. The van der Waals surface area contributed by atoms with Gasteiger partial charge < -0.3 is 14.8 Å². The van der Waals surface area contributed by atoms with Gasteiger partial charge in [-0.3, -0.25) is 29.4 Å². The Morgan fingerprint density at radius 2 is 1.82 bits per heavy atom. The average molecular weight is 534 g/mol. The minimum atomic E-state index is -0.558. The van der Waals surface area contributed by atoms with Crippen LogP contribution in [0.1, 0.15) is 16.7 Å². The smallest absolute Gasteiger partial charge is 0.294 e. The number of imide groups is 1. The van der Waals surface area contributed by atoms with Crippen LogP contribution in [0.5, 0.6) is 11.5 Å². The van der Waals surface area contributed by atoms with Gasteiger partial charge in [0.2, 0.25) is 5.91 Å². The highest BCUT2D eigenvalue weighted by Crippen LogP contribution is 2.35. The summed E-state index contributed by atoms with van der Waals surface area (Å²) in [5, 5.41) is 13.0. The number of nitro groups is 1. The van der Waals surface area contributed by atoms with Crippen LogP contribution in [-0.2, 0) is 16.2 Å². The number of methoxy groups -OCH3 is 1. The van der Waals surface area contributed by atoms with Gasteiger partial charge in [-0.25, -0.2) is 0 Å². The van der Waals surface area contributed by atoms with Crippen molar-refractivity contribution in [2.24, 2.45) is 0 Å². The molecular formula is C27H23N3O7S. The van der Waals surface area contributed by atoms with E-state index in [9.17, 15) is 24.5 Å². The molecule has 0 atom stereocenters. The first-order valence-corrected chi connectivity index (χ1v) is 12.2. The van der Waals surface area contributed by atoms with Crippen molar-refractivity contribution in [2.45, 2.75) is 13.5 Å². The maximum Gasteiger partial charge on any atom is 0.294 e. The van der Waals surface area contributed by atoms with Crippen molar-refractivity contribution in [3.05, 3.63) is 98.4 Å². The molecule has 10 nitrogen and oxygen atoms in total. The number of carbonyl (C=O) groups is 3. The van der Waals surface area contributed by atoms with E-state index < -0.39 is 28.5 Å². The molecule has 0 unspecified atom stereocenters. The summed E-state index contributed by atoms with van der Waals surface area (Å²) >= 11 is 0.755. The maximum absolute atomic E-state index is 12.9. The summed E-state index contributed by atoms with van der Waals surface area (Å²) in [5.74, 6) is -0.196. The third-order valence-corrected chi connectivity index (χ3v) is 6.53. The average Bonchev–Trinajstić information content (AvgIpc) is 3.16. The van der Waals surface area contributed by atoms with Crippen molar-refractivity contribution >= 4 is 46.3 Å². The number of nitro benzene ring substituents is 1. The summed E-state index contributed by atoms with van der Waals surface area (Å²) in [7, 11) is 1.47. The predicted octanol–water partition coefficient (Wildman–Crippen LogP) is 5.17. The lowest BCUT2D eigenvalue weighted by Crippen LogP contribution is -2.36. The second-order valence-corrected chi connectivity index (χ2v) is 9.25. The van der Waals surface area contributed by atoms with Crippen LogP contribution in [0.4, 0.5) is 16.2 Å². The molecular weight excluding hydrogens is 510 g/mol. The fourth-order valence-corrected chi connectivity index (χ4v) is 4.44. The van der Waals surface area contributed by atoms with Gasteiger partial charge in [0, 0.05) is 17.8 Å². The number of aryl methyl sites for hydroxylation is 1. The van der Waals surface area contributed by atoms with Gasteiger partial charge in [-0.2, -0.15) is 0 Å². The summed E-state index contributed by atoms with van der Waals surface area (Å²) in [4.78, 5) is 49.2. The topological polar surface area (TPSA) is 128 Å². The van der Waals surface area contributed by atoms with E-state index in [2.05, 4.69) is 5.32 Å². The van der Waals surface area contributed by atoms with Gasteiger partial charge in [0.05, 0.1) is 16.9 Å². The molecule has 3 aromatic rings. The van der Waals surface area contributed by atoms with Crippen molar-refractivity contribution in [3.8, 4) is 11.5 Å². The molecule has 1 heterocycles. The molecule has 1 aliphatic rings. The number of nitrogens with zero attached hydrogens (tertiary/aromatic N) is 2. The van der Waals surface area contributed by atoms with E-state index in [0.717, 1.165) is 27.8 Å². The van der Waals surface area contributed by atoms with Crippen LogP contribution < -0.4 is 14.8 Å². The standard InChI is InChI=1S/C27H23N3O7S/c1-17-5-3-4-6-21(17)28-25(31)15-29-26(32)24(38-27(29)33)14-19-9-12-22(23(13-19)36-2)37-16-18-7-10-20(11-8-18)30(34)35/h3-14H,15-16H2,1-2H3,(H,28,31)/b24-14+. The molecule has 4 rings (SSSR count). The number of rotatable bonds is 9. The number of hydrogen-bond donors (Lipinski definition) is 1. The van der Waals surface area contributed by atoms with Crippen LogP contribution in [0, 0.1) is 17.0 Å². The summed E-state index contributed by atoms with van der Waals surface area (Å²) < 4.78 is 11.2. The van der Waals surface area contributed by atoms with E-state index in [1.54, 1.807) is 48.5 Å². The summed E-state index contributed by atoms with van der Waals surface area (Å²) in [6, 6.07) is 18.3. The minimum Gasteiger partial charge on any atom is -0.493 e. The Kier molecular flexibility index (Phi) is 8.07. The first-order valence-electron chi connectivity index (χ1n) is 11.4. The summed E-state index contributed by atoms with van der Waals surface area (Å²) in [6.07, 6.45) is 1.55. The van der Waals surface area contributed by atoms with Gasteiger partial charge in [-0.15, -0.1) is 0 Å². The molecule has 38 heavy (non-hydrogen) atoms. The monoisotopic (exact) mass is 533 g/mol. The SMILES string of the molecule is COc1cc(/C=C2/SC(=O)N(CC(=O)Nc3ccccc3C)C2=O)ccc1OCc1ccc([N+](=O)[O-])cc1. The highest BCUT2D eigenvalue weighted by molar-refractivity contribution is 8.18. The van der Waals surface area contributed by atoms with E-state index in [-0.39, 0.29) is 17.2 Å². The zero-order chi connectivity index (χ0) is 27.2. The van der Waals surface area contributed by atoms with Crippen molar-refractivity contribution in [1.29, 1.82) is 0 Å².